The number of pyridine rings is 1. The number of ether oxygens (including phenoxy) is 2. The molecule has 0 saturated carbocycles. The van der Waals surface area contributed by atoms with Gasteiger partial charge in [0.2, 0.25) is 0 Å². The Kier molecular flexibility index (Phi) is 5.01. The van der Waals surface area contributed by atoms with E-state index >= 15 is 0 Å². The van der Waals surface area contributed by atoms with Crippen LogP contribution in [0.3, 0.4) is 0 Å². The van der Waals surface area contributed by atoms with Gasteiger partial charge in [0.1, 0.15) is 5.75 Å². The van der Waals surface area contributed by atoms with Gasteiger partial charge in [-0.15, -0.1) is 0 Å². The van der Waals surface area contributed by atoms with Crippen LogP contribution >= 0.6 is 0 Å². The molecule has 1 unspecified atom stereocenters. The minimum Gasteiger partial charge on any atom is -0.493 e. The van der Waals surface area contributed by atoms with Crippen LogP contribution < -0.4 is 4.74 Å². The number of carbonyl (C=O) groups is 1. The van der Waals surface area contributed by atoms with Gasteiger partial charge in [-0.2, -0.15) is 0 Å². The van der Waals surface area contributed by atoms with Crippen molar-refractivity contribution in [1.82, 2.24) is 4.98 Å². The Balaban J connectivity index is 1.95. The summed E-state index contributed by atoms with van der Waals surface area (Å²) in [6, 6.07) is 13.7. The molecule has 0 bridgehead atoms. The van der Waals surface area contributed by atoms with Gasteiger partial charge >= 0.3 is 5.97 Å². The molecule has 0 radical (unpaired) electrons. The highest BCUT2D eigenvalue weighted by atomic mass is 16.5. The van der Waals surface area contributed by atoms with Crippen LogP contribution in [0.4, 0.5) is 0 Å². The standard InChI is InChI=1S/C24H25NO4/c1-24(2,3)29-22(23(26)27)21-17(9-10-19-18(21)7-4-12-25-19)15-8-11-20-16(14-15)6-5-13-28-20/h4,7-12,14,22H,5-6,13H2,1-3H3,(H,26,27). The molecular weight excluding hydrogens is 366 g/mol. The number of hydrogen-bond acceptors (Lipinski definition) is 4. The maximum atomic E-state index is 12.3. The second-order valence-corrected chi connectivity index (χ2v) is 8.32. The summed E-state index contributed by atoms with van der Waals surface area (Å²) in [5.41, 5.74) is 3.71. The predicted molar refractivity (Wildman–Crippen MR) is 112 cm³/mol. The van der Waals surface area contributed by atoms with Gasteiger partial charge in [0.05, 0.1) is 17.7 Å². The summed E-state index contributed by atoms with van der Waals surface area (Å²) in [5, 5.41) is 10.8. The van der Waals surface area contributed by atoms with E-state index < -0.39 is 17.7 Å². The summed E-state index contributed by atoms with van der Waals surface area (Å²) in [7, 11) is 0. The smallest absolute Gasteiger partial charge is 0.337 e. The van der Waals surface area contributed by atoms with E-state index in [1.807, 2.05) is 57.2 Å². The summed E-state index contributed by atoms with van der Waals surface area (Å²) < 4.78 is 11.8. The zero-order valence-corrected chi connectivity index (χ0v) is 16.9. The topological polar surface area (TPSA) is 68.7 Å². The number of aromatic nitrogens is 1. The fraction of sp³-hybridized carbons (Fsp3) is 0.333. The molecule has 3 aromatic rings. The quantitative estimate of drug-likeness (QED) is 0.665. The first-order chi connectivity index (χ1) is 13.8. The van der Waals surface area contributed by atoms with Crippen LogP contribution in [0.15, 0.2) is 48.7 Å². The van der Waals surface area contributed by atoms with Crippen LogP contribution in [0.25, 0.3) is 22.0 Å². The number of carboxylic acid groups (broad SMARTS) is 1. The van der Waals surface area contributed by atoms with Gasteiger partial charge in [-0.05, 0) is 74.6 Å². The summed E-state index contributed by atoms with van der Waals surface area (Å²) in [6.07, 6.45) is 2.54. The van der Waals surface area contributed by atoms with E-state index in [9.17, 15) is 9.90 Å². The van der Waals surface area contributed by atoms with Crippen LogP contribution in [0.2, 0.25) is 0 Å². The van der Waals surface area contributed by atoms with E-state index in [1.165, 1.54) is 0 Å². The van der Waals surface area contributed by atoms with Crippen LogP contribution in [0, 0.1) is 0 Å². The summed E-state index contributed by atoms with van der Waals surface area (Å²) >= 11 is 0. The zero-order valence-electron chi connectivity index (χ0n) is 16.9. The number of aliphatic carboxylic acids is 1. The third-order valence-electron chi connectivity index (χ3n) is 5.00. The van der Waals surface area contributed by atoms with E-state index in [0.29, 0.717) is 5.56 Å². The monoisotopic (exact) mass is 391 g/mol. The maximum absolute atomic E-state index is 12.3. The van der Waals surface area contributed by atoms with Crippen LogP contribution in [0.5, 0.6) is 5.75 Å². The minimum atomic E-state index is -1.11. The summed E-state index contributed by atoms with van der Waals surface area (Å²) in [4.78, 5) is 16.7. The molecule has 1 atom stereocenters. The predicted octanol–water partition coefficient (Wildman–Crippen LogP) is 5.17. The molecule has 2 heterocycles. The molecule has 29 heavy (non-hydrogen) atoms. The van der Waals surface area contributed by atoms with Crippen molar-refractivity contribution in [3.8, 4) is 16.9 Å². The van der Waals surface area contributed by atoms with Crippen LogP contribution in [-0.2, 0) is 16.0 Å². The van der Waals surface area contributed by atoms with Gasteiger partial charge in [-0.1, -0.05) is 18.2 Å². The normalized spacial score (nSPS) is 14.9. The first-order valence-electron chi connectivity index (χ1n) is 9.88. The van der Waals surface area contributed by atoms with Gasteiger partial charge in [-0.25, -0.2) is 4.79 Å². The highest BCUT2D eigenvalue weighted by Gasteiger charge is 2.31. The number of benzene rings is 2. The van der Waals surface area contributed by atoms with E-state index in [-0.39, 0.29) is 0 Å². The lowest BCUT2D eigenvalue weighted by atomic mass is 9.90. The van der Waals surface area contributed by atoms with Crippen molar-refractivity contribution in [1.29, 1.82) is 0 Å². The maximum Gasteiger partial charge on any atom is 0.337 e. The number of aryl methyl sites for hydroxylation is 1. The van der Waals surface area contributed by atoms with Gasteiger partial charge in [0.25, 0.3) is 0 Å². The van der Waals surface area contributed by atoms with E-state index in [1.54, 1.807) is 6.20 Å². The van der Waals surface area contributed by atoms with Crippen molar-refractivity contribution < 1.29 is 19.4 Å². The molecule has 2 aromatic carbocycles. The fourth-order valence-corrected chi connectivity index (χ4v) is 3.82. The second kappa shape index (κ2) is 7.48. The number of fused-ring (bicyclic) bond motifs is 2. The van der Waals surface area contributed by atoms with Crippen molar-refractivity contribution in [3.05, 3.63) is 59.8 Å². The Morgan fingerprint density at radius 2 is 2.03 bits per heavy atom. The summed E-state index contributed by atoms with van der Waals surface area (Å²) in [5.74, 6) is -0.108. The molecule has 1 aromatic heterocycles. The van der Waals surface area contributed by atoms with Crippen molar-refractivity contribution >= 4 is 16.9 Å². The van der Waals surface area contributed by atoms with E-state index in [4.69, 9.17) is 9.47 Å². The molecule has 4 rings (SSSR count). The molecule has 1 N–H and O–H groups in total. The van der Waals surface area contributed by atoms with E-state index in [0.717, 1.165) is 52.8 Å². The first-order valence-corrected chi connectivity index (χ1v) is 9.88. The highest BCUT2D eigenvalue weighted by molar-refractivity contribution is 5.94. The molecule has 0 saturated heterocycles. The molecule has 1 aliphatic rings. The van der Waals surface area contributed by atoms with Gasteiger partial charge in [-0.3, -0.25) is 4.98 Å². The SMILES string of the molecule is CC(C)(C)OC(C(=O)O)c1c(-c2ccc3c(c2)CCCO3)ccc2ncccc12. The van der Waals surface area contributed by atoms with Crippen LogP contribution in [0.1, 0.15) is 44.4 Å². The average molecular weight is 391 g/mol. The summed E-state index contributed by atoms with van der Waals surface area (Å²) in [6.45, 7) is 6.33. The van der Waals surface area contributed by atoms with Crippen molar-refractivity contribution in [2.45, 2.75) is 45.3 Å². The molecular formula is C24H25NO4. The highest BCUT2D eigenvalue weighted by Crippen LogP contribution is 2.39. The first kappa shape index (κ1) is 19.4. The fourth-order valence-electron chi connectivity index (χ4n) is 3.82. The molecule has 5 nitrogen and oxygen atoms in total. The van der Waals surface area contributed by atoms with Crippen molar-refractivity contribution in [2.75, 3.05) is 6.61 Å². The Bertz CT molecular complexity index is 1070. The zero-order chi connectivity index (χ0) is 20.6. The van der Waals surface area contributed by atoms with Crippen molar-refractivity contribution in [2.24, 2.45) is 0 Å². The molecule has 1 aliphatic heterocycles. The van der Waals surface area contributed by atoms with Gasteiger partial charge < -0.3 is 14.6 Å². The number of carboxylic acids is 1. The lowest BCUT2D eigenvalue weighted by Crippen LogP contribution is -2.28. The molecule has 0 fully saturated rings. The minimum absolute atomic E-state index is 0.617. The van der Waals surface area contributed by atoms with Gasteiger partial charge in [0, 0.05) is 17.1 Å². The molecule has 0 aliphatic carbocycles. The molecule has 0 amide bonds. The van der Waals surface area contributed by atoms with Crippen LogP contribution in [-0.4, -0.2) is 28.3 Å². The average Bonchev–Trinajstić information content (AvgIpc) is 2.70. The lowest BCUT2D eigenvalue weighted by Gasteiger charge is -2.28. The van der Waals surface area contributed by atoms with Gasteiger partial charge in [0.15, 0.2) is 6.10 Å². The number of rotatable bonds is 4. The molecule has 150 valence electrons. The Morgan fingerprint density at radius 1 is 1.21 bits per heavy atom. The Morgan fingerprint density at radius 3 is 2.79 bits per heavy atom. The third kappa shape index (κ3) is 3.96. The second-order valence-electron chi connectivity index (χ2n) is 8.32. The van der Waals surface area contributed by atoms with Crippen molar-refractivity contribution in [3.63, 3.8) is 0 Å². The number of hydrogen-bond donors (Lipinski definition) is 1. The Hall–Kier alpha value is -2.92. The van der Waals surface area contributed by atoms with E-state index in [2.05, 4.69) is 11.1 Å². The lowest BCUT2D eigenvalue weighted by molar-refractivity contribution is -0.160. The molecule has 0 spiro atoms. The number of nitrogens with zero attached hydrogens (tertiary/aromatic N) is 1. The Labute approximate surface area is 170 Å². The largest absolute Gasteiger partial charge is 0.493 e. The molecule has 5 heteroatoms. The third-order valence-corrected chi connectivity index (χ3v) is 5.00.